The van der Waals surface area contributed by atoms with Crippen LogP contribution in [0.1, 0.15) is 11.4 Å². The van der Waals surface area contributed by atoms with Gasteiger partial charge in [-0.05, 0) is 34.6 Å². The fourth-order valence-electron chi connectivity index (χ4n) is 2.32. The van der Waals surface area contributed by atoms with Crippen molar-refractivity contribution in [2.24, 2.45) is 7.05 Å². The number of aromatic nitrogens is 3. The smallest absolute Gasteiger partial charge is 0.244 e. The Morgan fingerprint density at radius 2 is 2.09 bits per heavy atom. The third-order valence-electron chi connectivity index (χ3n) is 3.63. The van der Waals surface area contributed by atoms with Gasteiger partial charge < -0.3 is 9.88 Å². The second-order valence-electron chi connectivity index (χ2n) is 5.12. The van der Waals surface area contributed by atoms with Crippen molar-refractivity contribution in [2.75, 3.05) is 0 Å². The number of hydrogen-bond donors (Lipinski definition) is 2. The molecule has 1 heterocycles. The van der Waals surface area contributed by atoms with E-state index in [1.54, 1.807) is 11.6 Å². The van der Waals surface area contributed by atoms with Gasteiger partial charge >= 0.3 is 0 Å². The zero-order chi connectivity index (χ0) is 16.2. The SMILES string of the molecule is Cn1c(CNC(=O)/C=C/c2cccc3ccccc23)n[nH]c1=S. The Bertz CT molecular complexity index is 934. The Morgan fingerprint density at radius 3 is 2.87 bits per heavy atom. The molecule has 5 nitrogen and oxygen atoms in total. The summed E-state index contributed by atoms with van der Waals surface area (Å²) in [4.78, 5) is 12.0. The normalized spacial score (nSPS) is 11.2. The number of carbonyl (C=O) groups is 1. The monoisotopic (exact) mass is 324 g/mol. The maximum Gasteiger partial charge on any atom is 0.244 e. The van der Waals surface area contributed by atoms with Crippen LogP contribution in [0.25, 0.3) is 16.8 Å². The molecule has 2 N–H and O–H groups in total. The molecule has 0 radical (unpaired) electrons. The van der Waals surface area contributed by atoms with Gasteiger partial charge in [-0.15, -0.1) is 0 Å². The minimum absolute atomic E-state index is 0.174. The van der Waals surface area contributed by atoms with Gasteiger partial charge in [0.25, 0.3) is 0 Å². The molecule has 1 amide bonds. The van der Waals surface area contributed by atoms with Crippen molar-refractivity contribution in [3.05, 3.63) is 64.7 Å². The zero-order valence-electron chi connectivity index (χ0n) is 12.6. The standard InChI is InChI=1S/C17H16N4OS/c1-21-15(19-20-17(21)23)11-18-16(22)10-9-13-7-4-6-12-5-2-3-8-14(12)13/h2-10H,11H2,1H3,(H,18,22)(H,20,23)/b10-9+. The first-order valence-corrected chi connectivity index (χ1v) is 7.60. The molecule has 0 spiro atoms. The number of nitrogens with zero attached hydrogens (tertiary/aromatic N) is 2. The zero-order valence-corrected chi connectivity index (χ0v) is 13.4. The molecule has 0 bridgehead atoms. The average molecular weight is 324 g/mol. The summed E-state index contributed by atoms with van der Waals surface area (Å²) in [6.45, 7) is 0.322. The van der Waals surface area contributed by atoms with Gasteiger partial charge in [0.15, 0.2) is 10.6 Å². The molecule has 1 aromatic heterocycles. The van der Waals surface area contributed by atoms with Crippen LogP contribution in [0.5, 0.6) is 0 Å². The summed E-state index contributed by atoms with van der Waals surface area (Å²) in [7, 11) is 1.80. The molecule has 0 saturated carbocycles. The van der Waals surface area contributed by atoms with E-state index >= 15 is 0 Å². The molecule has 3 aromatic rings. The lowest BCUT2D eigenvalue weighted by Gasteiger charge is -2.03. The van der Waals surface area contributed by atoms with Crippen LogP contribution >= 0.6 is 12.2 Å². The summed E-state index contributed by atoms with van der Waals surface area (Å²) in [6, 6.07) is 14.1. The van der Waals surface area contributed by atoms with Crippen LogP contribution < -0.4 is 5.32 Å². The van der Waals surface area contributed by atoms with Crippen molar-refractivity contribution < 1.29 is 4.79 Å². The van der Waals surface area contributed by atoms with Gasteiger partial charge in [-0.3, -0.25) is 9.89 Å². The minimum Gasteiger partial charge on any atom is -0.345 e. The summed E-state index contributed by atoms with van der Waals surface area (Å²) in [5.74, 6) is 0.508. The lowest BCUT2D eigenvalue weighted by atomic mass is 10.0. The second-order valence-corrected chi connectivity index (χ2v) is 5.51. The molecule has 0 atom stereocenters. The summed E-state index contributed by atoms with van der Waals surface area (Å²) >= 11 is 5.03. The van der Waals surface area contributed by atoms with Crippen molar-refractivity contribution in [1.82, 2.24) is 20.1 Å². The molecule has 2 aromatic carbocycles. The lowest BCUT2D eigenvalue weighted by molar-refractivity contribution is -0.116. The maximum atomic E-state index is 12.0. The first-order chi connectivity index (χ1) is 11.1. The van der Waals surface area contributed by atoms with Crippen LogP contribution in [0.3, 0.4) is 0 Å². The highest BCUT2D eigenvalue weighted by Gasteiger charge is 2.03. The van der Waals surface area contributed by atoms with E-state index in [2.05, 4.69) is 27.6 Å². The van der Waals surface area contributed by atoms with Gasteiger partial charge in [0.2, 0.25) is 5.91 Å². The molecular formula is C17H16N4OS. The number of nitrogens with one attached hydrogen (secondary N) is 2. The van der Waals surface area contributed by atoms with E-state index in [1.165, 1.54) is 6.08 Å². The summed E-state index contributed by atoms with van der Waals surface area (Å²) in [6.07, 6.45) is 3.35. The number of hydrogen-bond acceptors (Lipinski definition) is 3. The molecule has 0 unspecified atom stereocenters. The predicted octanol–water partition coefficient (Wildman–Crippen LogP) is 2.96. The lowest BCUT2D eigenvalue weighted by Crippen LogP contribution is -2.22. The molecule has 0 aliphatic heterocycles. The number of carbonyl (C=O) groups excluding carboxylic acids is 1. The number of rotatable bonds is 4. The van der Waals surface area contributed by atoms with Gasteiger partial charge in [-0.1, -0.05) is 42.5 Å². The van der Waals surface area contributed by atoms with Crippen molar-refractivity contribution in [3.8, 4) is 0 Å². The molecular weight excluding hydrogens is 308 g/mol. The highest BCUT2D eigenvalue weighted by molar-refractivity contribution is 7.71. The van der Waals surface area contributed by atoms with Gasteiger partial charge in [-0.25, -0.2) is 0 Å². The number of amides is 1. The van der Waals surface area contributed by atoms with E-state index < -0.39 is 0 Å². The van der Waals surface area contributed by atoms with Crippen LogP contribution in [0.4, 0.5) is 0 Å². The Kier molecular flexibility index (Phi) is 4.34. The minimum atomic E-state index is -0.174. The van der Waals surface area contributed by atoms with E-state index in [4.69, 9.17) is 12.2 Å². The van der Waals surface area contributed by atoms with E-state index in [-0.39, 0.29) is 5.91 Å². The van der Waals surface area contributed by atoms with E-state index in [9.17, 15) is 4.79 Å². The quantitative estimate of drug-likeness (QED) is 0.573. The van der Waals surface area contributed by atoms with Crippen LogP contribution in [0.2, 0.25) is 0 Å². The van der Waals surface area contributed by atoms with Crippen LogP contribution in [-0.4, -0.2) is 20.7 Å². The maximum absolute atomic E-state index is 12.0. The van der Waals surface area contributed by atoms with Crippen LogP contribution in [-0.2, 0) is 18.4 Å². The molecule has 0 aliphatic rings. The number of benzene rings is 2. The summed E-state index contributed by atoms with van der Waals surface area (Å²) < 4.78 is 2.25. The fraction of sp³-hybridized carbons (Fsp3) is 0.118. The highest BCUT2D eigenvalue weighted by atomic mass is 32.1. The van der Waals surface area contributed by atoms with Crippen molar-refractivity contribution in [3.63, 3.8) is 0 Å². The predicted molar refractivity (Wildman–Crippen MR) is 93.2 cm³/mol. The van der Waals surface area contributed by atoms with Crippen molar-refractivity contribution in [2.45, 2.75) is 6.54 Å². The molecule has 23 heavy (non-hydrogen) atoms. The van der Waals surface area contributed by atoms with Gasteiger partial charge in [0.05, 0.1) is 6.54 Å². The summed E-state index contributed by atoms with van der Waals surface area (Å²) in [5.41, 5.74) is 1.01. The number of fused-ring (bicyclic) bond motifs is 1. The molecule has 0 saturated heterocycles. The van der Waals surface area contributed by atoms with Gasteiger partial charge in [0, 0.05) is 13.1 Å². The Hall–Kier alpha value is -2.73. The first kappa shape index (κ1) is 15.2. The fourth-order valence-corrected chi connectivity index (χ4v) is 2.48. The Morgan fingerprint density at radius 1 is 1.30 bits per heavy atom. The Balaban J connectivity index is 1.70. The molecule has 0 aliphatic carbocycles. The van der Waals surface area contributed by atoms with Crippen molar-refractivity contribution in [1.29, 1.82) is 0 Å². The first-order valence-electron chi connectivity index (χ1n) is 7.19. The molecule has 116 valence electrons. The average Bonchev–Trinajstić information content (AvgIpc) is 2.90. The van der Waals surface area contributed by atoms with Crippen molar-refractivity contribution >= 4 is 35.0 Å². The highest BCUT2D eigenvalue weighted by Crippen LogP contribution is 2.19. The number of aromatic amines is 1. The van der Waals surface area contributed by atoms with Gasteiger partial charge in [-0.2, -0.15) is 5.10 Å². The van der Waals surface area contributed by atoms with E-state index in [1.807, 2.05) is 36.4 Å². The van der Waals surface area contributed by atoms with Gasteiger partial charge in [0.1, 0.15) is 0 Å². The number of H-pyrrole nitrogens is 1. The second kappa shape index (κ2) is 6.58. The third-order valence-corrected chi connectivity index (χ3v) is 4.00. The molecule has 0 fully saturated rings. The summed E-state index contributed by atoms with van der Waals surface area (Å²) in [5, 5.41) is 11.8. The topological polar surface area (TPSA) is 62.7 Å². The Labute approximate surface area is 138 Å². The van der Waals surface area contributed by atoms with E-state index in [0.29, 0.717) is 17.1 Å². The molecule has 3 rings (SSSR count). The van der Waals surface area contributed by atoms with Crippen LogP contribution in [0.15, 0.2) is 48.5 Å². The third kappa shape index (κ3) is 3.37. The van der Waals surface area contributed by atoms with Crippen LogP contribution in [0, 0.1) is 4.77 Å². The van der Waals surface area contributed by atoms with E-state index in [0.717, 1.165) is 16.3 Å². The molecule has 6 heteroatoms. The largest absolute Gasteiger partial charge is 0.345 e.